The van der Waals surface area contributed by atoms with Gasteiger partial charge in [-0.3, -0.25) is 33.7 Å². The molecular formula is C42H46ClN9O5. The number of halogens is 1. The SMILES string of the molecule is CN(C)CCC(=O)Nc1ccc2c(=O)n(CC3(O)CCN(C(=O)C(C=NCCNC(=O)c4ccc5c(Cl)ccnc5c4)=C(N)Cc4ccccc4)CC3)cnc2c1. The number of carbonyl (C=O) groups is 3. The molecule has 1 fully saturated rings. The maximum absolute atomic E-state index is 14.0. The summed E-state index contributed by atoms with van der Waals surface area (Å²) in [5.41, 5.74) is 8.50. The number of aliphatic imine (C=N–C) groups is 1. The van der Waals surface area contributed by atoms with Gasteiger partial charge >= 0.3 is 0 Å². The summed E-state index contributed by atoms with van der Waals surface area (Å²) in [6.45, 7) is 1.46. The molecule has 1 aliphatic heterocycles. The lowest BCUT2D eigenvalue weighted by Gasteiger charge is -2.38. The molecule has 0 aliphatic carbocycles. The van der Waals surface area contributed by atoms with Crippen LogP contribution in [0.2, 0.25) is 5.02 Å². The number of hydrogen-bond acceptors (Lipinski definition) is 10. The second-order valence-corrected chi connectivity index (χ2v) is 14.9. The number of rotatable bonds is 14. The fourth-order valence-electron chi connectivity index (χ4n) is 6.60. The quantitative estimate of drug-likeness (QED) is 0.0737. The molecular weight excluding hydrogens is 746 g/mol. The average molecular weight is 792 g/mol. The Labute approximate surface area is 335 Å². The van der Waals surface area contributed by atoms with Crippen molar-refractivity contribution < 1.29 is 19.5 Å². The third-order valence-electron chi connectivity index (χ3n) is 9.85. The summed E-state index contributed by atoms with van der Waals surface area (Å²) in [6, 6.07) is 21.3. The number of piperidine rings is 1. The molecule has 6 rings (SSSR count). The van der Waals surface area contributed by atoms with Crippen LogP contribution in [0.3, 0.4) is 0 Å². The van der Waals surface area contributed by atoms with Crippen molar-refractivity contribution in [2.75, 3.05) is 52.1 Å². The minimum atomic E-state index is -1.27. The predicted molar refractivity (Wildman–Crippen MR) is 222 cm³/mol. The van der Waals surface area contributed by atoms with Crippen LogP contribution >= 0.6 is 11.6 Å². The molecule has 0 bridgehead atoms. The molecule has 3 amide bonds. The molecule has 5 N–H and O–H groups in total. The summed E-state index contributed by atoms with van der Waals surface area (Å²) < 4.78 is 1.39. The van der Waals surface area contributed by atoms with Crippen LogP contribution in [-0.4, -0.2) is 106 Å². The predicted octanol–water partition coefficient (Wildman–Crippen LogP) is 3.80. The highest BCUT2D eigenvalue weighted by Crippen LogP contribution is 2.26. The Morgan fingerprint density at radius 1 is 1.00 bits per heavy atom. The Bertz CT molecular complexity index is 2390. The van der Waals surface area contributed by atoms with Gasteiger partial charge in [-0.15, -0.1) is 0 Å². The van der Waals surface area contributed by atoms with E-state index in [1.165, 1.54) is 17.1 Å². The van der Waals surface area contributed by atoms with Crippen molar-refractivity contribution in [2.24, 2.45) is 10.7 Å². The van der Waals surface area contributed by atoms with E-state index in [0.717, 1.165) is 10.9 Å². The molecule has 1 aliphatic rings. The highest BCUT2D eigenvalue weighted by Gasteiger charge is 2.35. The summed E-state index contributed by atoms with van der Waals surface area (Å²) in [4.78, 5) is 69.3. The number of pyridine rings is 1. The maximum Gasteiger partial charge on any atom is 0.261 e. The number of amides is 3. The number of nitrogens with one attached hydrogen (secondary N) is 2. The molecule has 3 aromatic carbocycles. The smallest absolute Gasteiger partial charge is 0.261 e. The fraction of sp³-hybridized carbons (Fsp3) is 0.310. The van der Waals surface area contributed by atoms with Crippen molar-refractivity contribution in [1.29, 1.82) is 0 Å². The van der Waals surface area contributed by atoms with Gasteiger partial charge in [-0.1, -0.05) is 48.0 Å². The van der Waals surface area contributed by atoms with Crippen LogP contribution in [0.1, 0.15) is 35.2 Å². The Kier molecular flexibility index (Phi) is 13.1. The van der Waals surface area contributed by atoms with Crippen LogP contribution in [0.15, 0.2) is 106 Å². The van der Waals surface area contributed by atoms with E-state index < -0.39 is 5.60 Å². The maximum atomic E-state index is 14.0. The number of aliphatic hydroxyl groups is 1. The summed E-state index contributed by atoms with van der Waals surface area (Å²) >= 11 is 6.23. The first-order valence-corrected chi connectivity index (χ1v) is 19.1. The zero-order chi connectivity index (χ0) is 40.5. The number of carbonyl (C=O) groups excluding carboxylic acids is 3. The van der Waals surface area contributed by atoms with Crippen molar-refractivity contribution in [3.8, 4) is 0 Å². The third-order valence-corrected chi connectivity index (χ3v) is 10.2. The first-order valence-electron chi connectivity index (χ1n) is 18.7. The van der Waals surface area contributed by atoms with E-state index in [-0.39, 0.29) is 74.4 Å². The summed E-state index contributed by atoms with van der Waals surface area (Å²) in [7, 11) is 3.79. The van der Waals surface area contributed by atoms with Gasteiger partial charge in [0.2, 0.25) is 5.91 Å². The number of anilines is 1. The lowest BCUT2D eigenvalue weighted by atomic mass is 9.90. The molecule has 0 saturated carbocycles. The van der Waals surface area contributed by atoms with Crippen LogP contribution < -0.4 is 21.9 Å². The average Bonchev–Trinajstić information content (AvgIpc) is 3.20. The van der Waals surface area contributed by atoms with Gasteiger partial charge in [-0.2, -0.15) is 0 Å². The lowest BCUT2D eigenvalue weighted by Crippen LogP contribution is -2.50. The molecule has 3 heterocycles. The van der Waals surface area contributed by atoms with Gasteiger partial charge in [0, 0.05) is 73.8 Å². The largest absolute Gasteiger partial charge is 0.401 e. The molecule has 0 spiro atoms. The minimum Gasteiger partial charge on any atom is -0.401 e. The molecule has 1 saturated heterocycles. The lowest BCUT2D eigenvalue weighted by molar-refractivity contribution is -0.131. The highest BCUT2D eigenvalue weighted by molar-refractivity contribution is 6.35. The summed E-state index contributed by atoms with van der Waals surface area (Å²) in [5.74, 6) is -0.756. The van der Waals surface area contributed by atoms with Gasteiger partial charge in [-0.25, -0.2) is 4.98 Å². The van der Waals surface area contributed by atoms with Crippen LogP contribution in [-0.2, 0) is 22.6 Å². The number of fused-ring (bicyclic) bond motifs is 2. The molecule has 2 aromatic heterocycles. The number of nitrogens with zero attached hydrogens (tertiary/aromatic N) is 6. The number of nitrogens with two attached hydrogens (primary N) is 1. The van der Waals surface area contributed by atoms with Crippen LogP contribution in [0.25, 0.3) is 21.8 Å². The van der Waals surface area contributed by atoms with E-state index in [0.29, 0.717) is 57.8 Å². The van der Waals surface area contributed by atoms with Gasteiger partial charge in [0.15, 0.2) is 0 Å². The standard InChI is InChI=1S/C42H46ClN9O5/c1-50(2)19-13-38(53)49-30-9-11-32-37(24-30)48-27-52(40(32)55)26-42(57)14-20-51(21-15-42)41(56)33(35(44)22-28-6-4-3-5-7-28)25-45-17-18-47-39(54)29-8-10-31-34(43)12-16-46-36(31)23-29/h3-12,16,23-25,27,57H,13-15,17-22,26,44H2,1-2H3,(H,47,54)(H,49,53). The van der Waals surface area contributed by atoms with E-state index in [1.807, 2.05) is 49.3 Å². The van der Waals surface area contributed by atoms with Crippen molar-refractivity contribution in [3.05, 3.63) is 123 Å². The Morgan fingerprint density at radius 2 is 1.74 bits per heavy atom. The van der Waals surface area contributed by atoms with E-state index in [2.05, 4.69) is 25.6 Å². The highest BCUT2D eigenvalue weighted by atomic mass is 35.5. The first kappa shape index (κ1) is 40.7. The van der Waals surface area contributed by atoms with Crippen molar-refractivity contribution >= 4 is 63.0 Å². The number of allylic oxidation sites excluding steroid dienone is 1. The second kappa shape index (κ2) is 18.3. The molecule has 0 unspecified atom stereocenters. The normalized spacial score (nSPS) is 14.6. The summed E-state index contributed by atoms with van der Waals surface area (Å²) in [5, 5.41) is 19.0. The number of aromatic nitrogens is 3. The minimum absolute atomic E-state index is 0.00465. The Hall–Kier alpha value is -5.96. The van der Waals surface area contributed by atoms with Gasteiger partial charge in [0.05, 0.1) is 52.0 Å². The number of benzene rings is 3. The zero-order valence-corrected chi connectivity index (χ0v) is 32.7. The molecule has 0 radical (unpaired) electrons. The Balaban J connectivity index is 1.08. The van der Waals surface area contributed by atoms with Gasteiger partial charge < -0.3 is 31.3 Å². The second-order valence-electron chi connectivity index (χ2n) is 14.4. The van der Waals surface area contributed by atoms with E-state index in [1.54, 1.807) is 53.6 Å². The van der Waals surface area contributed by atoms with Crippen LogP contribution in [0.4, 0.5) is 5.69 Å². The molecule has 296 valence electrons. The van der Waals surface area contributed by atoms with Crippen molar-refractivity contribution in [1.82, 2.24) is 29.7 Å². The molecule has 14 nitrogen and oxygen atoms in total. The number of likely N-dealkylation sites (tertiary alicyclic amines) is 1. The number of hydrogen-bond donors (Lipinski definition) is 4. The van der Waals surface area contributed by atoms with Gasteiger partial charge in [-0.05, 0) is 68.9 Å². The third kappa shape index (κ3) is 10.5. The van der Waals surface area contributed by atoms with Gasteiger partial charge in [0.25, 0.3) is 17.4 Å². The molecule has 5 aromatic rings. The molecule has 57 heavy (non-hydrogen) atoms. The van der Waals surface area contributed by atoms with Crippen molar-refractivity contribution in [2.45, 2.75) is 37.8 Å². The monoisotopic (exact) mass is 791 g/mol. The topological polar surface area (TPSA) is 188 Å². The molecule has 0 atom stereocenters. The van der Waals surface area contributed by atoms with Crippen LogP contribution in [0.5, 0.6) is 0 Å². The van der Waals surface area contributed by atoms with E-state index >= 15 is 0 Å². The van der Waals surface area contributed by atoms with Crippen LogP contribution in [0, 0.1) is 0 Å². The van der Waals surface area contributed by atoms with Crippen molar-refractivity contribution in [3.63, 3.8) is 0 Å². The first-order chi connectivity index (χ1) is 27.4. The van der Waals surface area contributed by atoms with E-state index in [4.69, 9.17) is 17.3 Å². The van der Waals surface area contributed by atoms with Gasteiger partial charge in [0.1, 0.15) is 0 Å². The molecule has 15 heteroatoms. The summed E-state index contributed by atoms with van der Waals surface area (Å²) in [6.07, 6.45) is 5.53. The van der Waals surface area contributed by atoms with E-state index in [9.17, 15) is 24.3 Å². The Morgan fingerprint density at radius 3 is 2.49 bits per heavy atom. The fourth-order valence-corrected chi connectivity index (χ4v) is 6.82. The zero-order valence-electron chi connectivity index (χ0n) is 32.0.